The molecule has 5 nitrogen and oxygen atoms in total. The van der Waals surface area contributed by atoms with E-state index >= 15 is 0 Å². The van der Waals surface area contributed by atoms with Crippen LogP contribution in [0.2, 0.25) is 0 Å². The zero-order chi connectivity index (χ0) is 24.3. The maximum absolute atomic E-state index is 12.2. The molecule has 0 aliphatic rings. The van der Waals surface area contributed by atoms with Gasteiger partial charge in [-0.15, -0.1) is 0 Å². The zero-order valence-electron chi connectivity index (χ0n) is 20.7. The summed E-state index contributed by atoms with van der Waals surface area (Å²) in [5.74, 6) is 0.0403. The van der Waals surface area contributed by atoms with Crippen LogP contribution in [0.25, 0.3) is 0 Å². The number of aliphatic hydroxyl groups is 1. The SMILES string of the molecule is CCC(=O)O[C@@H](C[C@H](O)C[C@H](OC)/C(C)=C\[C@@H](CC)COC)C(C)(C)c1cccc(Br)c1. The Morgan fingerprint density at radius 1 is 1.22 bits per heavy atom. The number of aliphatic hydroxyl groups excluding tert-OH is 1. The van der Waals surface area contributed by atoms with Gasteiger partial charge in [-0.25, -0.2) is 0 Å². The number of ether oxygens (including phenoxy) is 3. The molecule has 0 aromatic heterocycles. The van der Waals surface area contributed by atoms with Gasteiger partial charge in [-0.05, 0) is 36.6 Å². The van der Waals surface area contributed by atoms with E-state index < -0.39 is 17.6 Å². The van der Waals surface area contributed by atoms with E-state index in [4.69, 9.17) is 14.2 Å². The molecule has 1 aromatic rings. The molecule has 182 valence electrons. The second-order valence-corrected chi connectivity index (χ2v) is 9.86. The van der Waals surface area contributed by atoms with E-state index in [0.29, 0.717) is 31.8 Å². The largest absolute Gasteiger partial charge is 0.461 e. The van der Waals surface area contributed by atoms with Gasteiger partial charge in [-0.2, -0.15) is 0 Å². The third-order valence-electron chi connectivity index (χ3n) is 6.10. The van der Waals surface area contributed by atoms with Gasteiger partial charge in [0.2, 0.25) is 0 Å². The fourth-order valence-corrected chi connectivity index (χ4v) is 4.24. The Bertz CT molecular complexity index is 731. The van der Waals surface area contributed by atoms with Crippen molar-refractivity contribution in [1.29, 1.82) is 0 Å². The number of carbonyl (C=O) groups is 1. The Labute approximate surface area is 202 Å². The second-order valence-electron chi connectivity index (χ2n) is 8.95. The molecular weight excluding hydrogens is 472 g/mol. The van der Waals surface area contributed by atoms with Crippen molar-refractivity contribution >= 4 is 21.9 Å². The molecule has 0 bridgehead atoms. The average Bonchev–Trinajstić information content (AvgIpc) is 2.76. The topological polar surface area (TPSA) is 65.0 Å². The van der Waals surface area contributed by atoms with Crippen LogP contribution in [0.5, 0.6) is 0 Å². The van der Waals surface area contributed by atoms with Gasteiger partial charge in [-0.1, -0.05) is 61.8 Å². The van der Waals surface area contributed by atoms with E-state index in [1.807, 2.05) is 45.0 Å². The third-order valence-corrected chi connectivity index (χ3v) is 6.60. The predicted octanol–water partition coefficient (Wildman–Crippen LogP) is 5.82. The molecule has 0 fully saturated rings. The van der Waals surface area contributed by atoms with Crippen molar-refractivity contribution in [3.63, 3.8) is 0 Å². The maximum atomic E-state index is 12.2. The van der Waals surface area contributed by atoms with Gasteiger partial charge < -0.3 is 19.3 Å². The Morgan fingerprint density at radius 3 is 2.44 bits per heavy atom. The van der Waals surface area contributed by atoms with Gasteiger partial charge in [-0.3, -0.25) is 4.79 Å². The van der Waals surface area contributed by atoms with Crippen LogP contribution >= 0.6 is 15.9 Å². The van der Waals surface area contributed by atoms with Crippen molar-refractivity contribution in [3.8, 4) is 0 Å². The maximum Gasteiger partial charge on any atom is 0.305 e. The molecule has 0 unspecified atom stereocenters. The van der Waals surface area contributed by atoms with E-state index in [-0.39, 0.29) is 12.1 Å². The van der Waals surface area contributed by atoms with Crippen LogP contribution in [0, 0.1) is 5.92 Å². The quantitative estimate of drug-likeness (QED) is 0.251. The molecule has 0 spiro atoms. The van der Waals surface area contributed by atoms with E-state index in [1.54, 1.807) is 21.1 Å². The average molecular weight is 514 g/mol. The lowest BCUT2D eigenvalue weighted by molar-refractivity contribution is -0.154. The molecule has 1 N–H and O–H groups in total. The number of carbonyl (C=O) groups excluding carboxylic acids is 1. The molecule has 6 heteroatoms. The summed E-state index contributed by atoms with van der Waals surface area (Å²) in [5.41, 5.74) is 1.64. The van der Waals surface area contributed by atoms with Crippen LogP contribution in [-0.2, 0) is 24.4 Å². The fraction of sp³-hybridized carbons (Fsp3) is 0.654. The van der Waals surface area contributed by atoms with Gasteiger partial charge in [0, 0.05) is 49.3 Å². The minimum atomic E-state index is -0.688. The first kappa shape index (κ1) is 28.8. The Balaban J connectivity index is 3.03. The van der Waals surface area contributed by atoms with Crippen molar-refractivity contribution in [2.45, 2.75) is 84.0 Å². The summed E-state index contributed by atoms with van der Waals surface area (Å²) < 4.78 is 17.8. The number of halogens is 1. The highest BCUT2D eigenvalue weighted by Gasteiger charge is 2.36. The molecular formula is C26H41BrO5. The Hall–Kier alpha value is -1.21. The normalized spacial score (nSPS) is 16.3. The molecule has 0 aliphatic carbocycles. The van der Waals surface area contributed by atoms with Crippen LogP contribution in [0.3, 0.4) is 0 Å². The van der Waals surface area contributed by atoms with E-state index in [1.165, 1.54) is 0 Å². The summed E-state index contributed by atoms with van der Waals surface area (Å²) in [4.78, 5) is 12.2. The summed E-state index contributed by atoms with van der Waals surface area (Å²) in [6.07, 6.45) is 2.81. The minimum absolute atomic E-state index is 0.215. The van der Waals surface area contributed by atoms with Gasteiger partial charge >= 0.3 is 5.97 Å². The van der Waals surface area contributed by atoms with Crippen LogP contribution < -0.4 is 0 Å². The number of rotatable bonds is 14. The minimum Gasteiger partial charge on any atom is -0.461 e. The van der Waals surface area contributed by atoms with Gasteiger partial charge in [0.05, 0.1) is 18.8 Å². The molecule has 0 saturated heterocycles. The van der Waals surface area contributed by atoms with Crippen LogP contribution in [0.4, 0.5) is 0 Å². The summed E-state index contributed by atoms with van der Waals surface area (Å²) in [6, 6.07) is 7.99. The molecule has 1 aromatic carbocycles. The predicted molar refractivity (Wildman–Crippen MR) is 133 cm³/mol. The number of esters is 1. The number of hydrogen-bond donors (Lipinski definition) is 1. The lowest BCUT2D eigenvalue weighted by Gasteiger charge is -2.36. The molecule has 0 radical (unpaired) electrons. The Morgan fingerprint density at radius 2 is 1.91 bits per heavy atom. The van der Waals surface area contributed by atoms with E-state index in [9.17, 15) is 9.90 Å². The summed E-state index contributed by atoms with van der Waals surface area (Å²) in [7, 11) is 3.36. The van der Waals surface area contributed by atoms with Gasteiger partial charge in [0.1, 0.15) is 6.10 Å². The number of hydrogen-bond acceptors (Lipinski definition) is 5. The number of benzene rings is 1. The summed E-state index contributed by atoms with van der Waals surface area (Å²) >= 11 is 3.52. The van der Waals surface area contributed by atoms with Crippen LogP contribution in [0.15, 0.2) is 40.4 Å². The van der Waals surface area contributed by atoms with Crippen molar-refractivity contribution in [1.82, 2.24) is 0 Å². The van der Waals surface area contributed by atoms with Crippen molar-refractivity contribution in [2.24, 2.45) is 5.92 Å². The molecule has 0 amide bonds. The first-order valence-electron chi connectivity index (χ1n) is 11.4. The molecule has 0 aliphatic heterocycles. The van der Waals surface area contributed by atoms with E-state index in [0.717, 1.165) is 22.0 Å². The first-order chi connectivity index (χ1) is 15.1. The summed E-state index contributed by atoms with van der Waals surface area (Å²) in [5, 5.41) is 11.0. The standard InChI is InChI=1S/C26H41BrO5/c1-8-19(17-30-6)13-18(3)23(31-7)15-22(28)16-24(32-25(29)9-2)26(4,5)20-11-10-12-21(27)14-20/h10-14,19,22-24,28H,8-9,15-17H2,1-7H3/b18-13-/t19-,22-,23+,24+/m1/s1. The number of methoxy groups -OCH3 is 2. The lowest BCUT2D eigenvalue weighted by atomic mass is 9.76. The lowest BCUT2D eigenvalue weighted by Crippen LogP contribution is -2.40. The zero-order valence-corrected chi connectivity index (χ0v) is 22.3. The second kappa shape index (κ2) is 14.1. The van der Waals surface area contributed by atoms with Crippen LogP contribution in [-0.4, -0.2) is 50.2 Å². The molecule has 0 saturated carbocycles. The highest BCUT2D eigenvalue weighted by atomic mass is 79.9. The highest BCUT2D eigenvalue weighted by molar-refractivity contribution is 9.10. The monoisotopic (exact) mass is 512 g/mol. The smallest absolute Gasteiger partial charge is 0.305 e. The molecule has 4 atom stereocenters. The first-order valence-corrected chi connectivity index (χ1v) is 12.2. The van der Waals surface area contributed by atoms with Crippen LogP contribution in [0.1, 0.15) is 65.9 Å². The molecule has 1 rings (SSSR count). The van der Waals surface area contributed by atoms with E-state index in [2.05, 4.69) is 28.9 Å². The van der Waals surface area contributed by atoms with Crippen molar-refractivity contribution in [2.75, 3.05) is 20.8 Å². The van der Waals surface area contributed by atoms with Gasteiger partial charge in [0.25, 0.3) is 0 Å². The van der Waals surface area contributed by atoms with Crippen molar-refractivity contribution < 1.29 is 24.1 Å². The van der Waals surface area contributed by atoms with Crippen molar-refractivity contribution in [3.05, 3.63) is 46.0 Å². The molecule has 32 heavy (non-hydrogen) atoms. The Kier molecular flexibility index (Phi) is 12.7. The highest BCUT2D eigenvalue weighted by Crippen LogP contribution is 2.34. The molecule has 0 heterocycles. The van der Waals surface area contributed by atoms with Gasteiger partial charge in [0.15, 0.2) is 0 Å². The summed E-state index contributed by atoms with van der Waals surface area (Å²) in [6.45, 7) is 10.7. The fourth-order valence-electron chi connectivity index (χ4n) is 3.84. The third kappa shape index (κ3) is 8.97.